The van der Waals surface area contributed by atoms with Crippen molar-refractivity contribution in [2.75, 3.05) is 32.5 Å². The molecule has 6 heteroatoms. The lowest BCUT2D eigenvalue weighted by atomic mass is 10.3. The van der Waals surface area contributed by atoms with Crippen molar-refractivity contribution >= 4 is 16.7 Å². The summed E-state index contributed by atoms with van der Waals surface area (Å²) in [6, 6.07) is 0. The fourth-order valence-electron chi connectivity index (χ4n) is 1.85. The number of carbonyl (C=O) groups is 1. The van der Waals surface area contributed by atoms with Crippen molar-refractivity contribution in [3.63, 3.8) is 0 Å². The summed E-state index contributed by atoms with van der Waals surface area (Å²) in [5, 5.41) is 0.00172. The van der Waals surface area contributed by atoms with E-state index in [2.05, 4.69) is 0 Å². The minimum absolute atomic E-state index is 0.00172. The van der Waals surface area contributed by atoms with Crippen molar-refractivity contribution in [2.45, 2.75) is 31.1 Å². The van der Waals surface area contributed by atoms with Crippen LogP contribution < -0.4 is 5.73 Å². The Kier molecular flexibility index (Phi) is 6.08. The number of nitrogens with zero attached hydrogens (tertiary/aromatic N) is 1. The van der Waals surface area contributed by atoms with Gasteiger partial charge in [-0.05, 0) is 26.3 Å². The average molecular weight is 262 g/mol. The summed E-state index contributed by atoms with van der Waals surface area (Å²) < 4.78 is 17.4. The van der Waals surface area contributed by atoms with Gasteiger partial charge in [0.05, 0.1) is 11.4 Å². The highest BCUT2D eigenvalue weighted by molar-refractivity contribution is 7.86. The molecule has 3 unspecified atom stereocenters. The van der Waals surface area contributed by atoms with Gasteiger partial charge in [0, 0.05) is 31.0 Å². The van der Waals surface area contributed by atoms with E-state index >= 15 is 0 Å². The predicted molar refractivity (Wildman–Crippen MR) is 68.1 cm³/mol. The predicted octanol–water partition coefficient (Wildman–Crippen LogP) is -0.280. The van der Waals surface area contributed by atoms with Gasteiger partial charge in [-0.1, -0.05) is 0 Å². The van der Waals surface area contributed by atoms with Gasteiger partial charge in [0.1, 0.15) is 5.75 Å². The number of ether oxygens (including phenoxy) is 1. The van der Waals surface area contributed by atoms with Crippen molar-refractivity contribution in [3.8, 4) is 0 Å². The van der Waals surface area contributed by atoms with Crippen LogP contribution in [0.1, 0.15) is 19.8 Å². The van der Waals surface area contributed by atoms with E-state index in [9.17, 15) is 9.00 Å². The molecule has 0 aromatic carbocycles. The van der Waals surface area contributed by atoms with Crippen LogP contribution in [0, 0.1) is 0 Å². The van der Waals surface area contributed by atoms with Gasteiger partial charge in [-0.3, -0.25) is 9.00 Å². The summed E-state index contributed by atoms with van der Waals surface area (Å²) in [6.07, 6.45) is 1.56. The van der Waals surface area contributed by atoms with Crippen LogP contribution >= 0.6 is 0 Å². The number of amides is 1. The fourth-order valence-corrected chi connectivity index (χ4v) is 3.39. The molecule has 5 nitrogen and oxygen atoms in total. The molecule has 1 aliphatic heterocycles. The smallest absolute Gasteiger partial charge is 0.234 e. The molecule has 1 rings (SSSR count). The summed E-state index contributed by atoms with van der Waals surface area (Å²) in [4.78, 5) is 13.4. The number of hydrogen-bond acceptors (Lipinski definition) is 4. The largest absolute Gasteiger partial charge is 0.377 e. The van der Waals surface area contributed by atoms with Crippen LogP contribution in [0.3, 0.4) is 0 Å². The monoisotopic (exact) mass is 262 g/mol. The highest BCUT2D eigenvalue weighted by Crippen LogP contribution is 2.18. The molecular weight excluding hydrogens is 240 g/mol. The second kappa shape index (κ2) is 7.08. The van der Waals surface area contributed by atoms with Crippen LogP contribution in [0.5, 0.6) is 0 Å². The molecule has 0 radical (unpaired) electrons. The Morgan fingerprint density at radius 2 is 2.29 bits per heavy atom. The number of carbonyl (C=O) groups excluding carboxylic acids is 1. The van der Waals surface area contributed by atoms with E-state index < -0.39 is 10.8 Å². The molecule has 1 saturated heterocycles. The van der Waals surface area contributed by atoms with Crippen LogP contribution in [0.25, 0.3) is 0 Å². The third-order valence-corrected chi connectivity index (χ3v) is 4.86. The summed E-state index contributed by atoms with van der Waals surface area (Å²) >= 11 is 0. The molecular formula is C11H22N2O3S. The van der Waals surface area contributed by atoms with Gasteiger partial charge < -0.3 is 15.4 Å². The lowest BCUT2D eigenvalue weighted by Gasteiger charge is -2.18. The third-order valence-electron chi connectivity index (χ3n) is 3.03. The Labute approximate surface area is 105 Å². The van der Waals surface area contributed by atoms with Gasteiger partial charge in [-0.15, -0.1) is 0 Å². The minimum atomic E-state index is -1.13. The first-order chi connectivity index (χ1) is 8.06. The van der Waals surface area contributed by atoms with E-state index in [-0.39, 0.29) is 23.0 Å². The molecule has 2 N–H and O–H groups in total. The quantitative estimate of drug-likeness (QED) is 0.714. The number of rotatable bonds is 6. The first-order valence-corrected chi connectivity index (χ1v) is 7.37. The first kappa shape index (κ1) is 14.6. The number of nitrogens with two attached hydrogens (primary N) is 1. The van der Waals surface area contributed by atoms with Crippen LogP contribution in [-0.4, -0.2) is 58.9 Å². The average Bonchev–Trinajstić information content (AvgIpc) is 2.72. The van der Waals surface area contributed by atoms with Crippen LogP contribution in [-0.2, 0) is 20.3 Å². The molecule has 0 bridgehead atoms. The van der Waals surface area contributed by atoms with E-state index in [0.717, 1.165) is 12.8 Å². The Bertz CT molecular complexity index is 286. The highest BCUT2D eigenvalue weighted by Gasteiger charge is 2.31. The van der Waals surface area contributed by atoms with E-state index in [4.69, 9.17) is 10.5 Å². The topological polar surface area (TPSA) is 72.6 Å². The lowest BCUT2D eigenvalue weighted by molar-refractivity contribution is -0.127. The number of hydrogen-bond donors (Lipinski definition) is 1. The van der Waals surface area contributed by atoms with Crippen molar-refractivity contribution in [1.29, 1.82) is 0 Å². The standard InChI is InChI=1S/C11H22N2O3S/c1-9-10(4-7-16-9)17(15)8-11(14)13(2)6-3-5-12/h9-10H,3-8,12H2,1-2H3. The molecule has 100 valence electrons. The van der Waals surface area contributed by atoms with Crippen LogP contribution in [0.15, 0.2) is 0 Å². The zero-order valence-corrected chi connectivity index (χ0v) is 11.4. The van der Waals surface area contributed by atoms with Gasteiger partial charge in [0.25, 0.3) is 0 Å². The van der Waals surface area contributed by atoms with E-state index in [1.165, 1.54) is 0 Å². The summed E-state index contributed by atoms with van der Waals surface area (Å²) in [5.41, 5.74) is 5.38. The second-order valence-corrected chi connectivity index (χ2v) is 6.04. The molecule has 0 aromatic rings. The Balaban J connectivity index is 2.37. The summed E-state index contributed by atoms with van der Waals surface area (Å²) in [5.74, 6) is 0.0234. The van der Waals surface area contributed by atoms with Crippen molar-refractivity contribution in [2.24, 2.45) is 5.73 Å². The molecule has 0 aromatic heterocycles. The minimum Gasteiger partial charge on any atom is -0.377 e. The maximum Gasteiger partial charge on any atom is 0.234 e. The Hall–Kier alpha value is -0.460. The van der Waals surface area contributed by atoms with Crippen LogP contribution in [0.2, 0.25) is 0 Å². The van der Waals surface area contributed by atoms with Gasteiger partial charge in [-0.2, -0.15) is 0 Å². The molecule has 0 aliphatic carbocycles. The van der Waals surface area contributed by atoms with E-state index in [0.29, 0.717) is 19.7 Å². The fraction of sp³-hybridized carbons (Fsp3) is 0.909. The molecule has 3 atom stereocenters. The maximum atomic E-state index is 12.0. The third kappa shape index (κ3) is 4.37. The van der Waals surface area contributed by atoms with Crippen molar-refractivity contribution in [1.82, 2.24) is 4.90 Å². The molecule has 1 fully saturated rings. The van der Waals surface area contributed by atoms with E-state index in [1.54, 1.807) is 11.9 Å². The van der Waals surface area contributed by atoms with Gasteiger partial charge in [0.2, 0.25) is 5.91 Å². The molecule has 1 aliphatic rings. The molecule has 1 amide bonds. The summed E-state index contributed by atoms with van der Waals surface area (Å²) in [7, 11) is 0.597. The lowest BCUT2D eigenvalue weighted by Crippen LogP contribution is -2.36. The van der Waals surface area contributed by atoms with Crippen molar-refractivity contribution in [3.05, 3.63) is 0 Å². The summed E-state index contributed by atoms with van der Waals surface area (Å²) in [6.45, 7) is 3.75. The second-order valence-electron chi connectivity index (χ2n) is 4.39. The molecule has 0 saturated carbocycles. The first-order valence-electron chi connectivity index (χ1n) is 5.99. The van der Waals surface area contributed by atoms with E-state index in [1.807, 2.05) is 6.92 Å². The zero-order chi connectivity index (χ0) is 12.8. The molecule has 0 spiro atoms. The maximum absolute atomic E-state index is 12.0. The molecule has 1 heterocycles. The Morgan fingerprint density at radius 1 is 1.59 bits per heavy atom. The SMILES string of the molecule is CC1OCCC1S(=O)CC(=O)N(C)CCCN. The normalized spacial score (nSPS) is 25.8. The van der Waals surface area contributed by atoms with Crippen molar-refractivity contribution < 1.29 is 13.7 Å². The zero-order valence-electron chi connectivity index (χ0n) is 10.6. The Morgan fingerprint density at radius 3 is 2.82 bits per heavy atom. The van der Waals surface area contributed by atoms with Gasteiger partial charge >= 0.3 is 0 Å². The molecule has 17 heavy (non-hydrogen) atoms. The van der Waals surface area contributed by atoms with Gasteiger partial charge in [-0.25, -0.2) is 0 Å². The van der Waals surface area contributed by atoms with Crippen LogP contribution in [0.4, 0.5) is 0 Å². The van der Waals surface area contributed by atoms with Gasteiger partial charge in [0.15, 0.2) is 0 Å². The highest BCUT2D eigenvalue weighted by atomic mass is 32.2.